The normalized spacial score (nSPS) is 10.9. The van der Waals surface area contributed by atoms with E-state index in [0.29, 0.717) is 23.0 Å². The van der Waals surface area contributed by atoms with E-state index in [1.165, 1.54) is 0 Å². The highest BCUT2D eigenvalue weighted by atomic mass is 16.3. The first-order valence-electron chi connectivity index (χ1n) is 4.50. The fourth-order valence-corrected chi connectivity index (χ4v) is 1.44. The standard InChI is InChI=1S/C10H8N4O/c11-8-4-1-5-9-12-10(13-14(8)9)7-3-2-6-15-7/h1-6H,11H2. The number of pyridine rings is 1. The van der Waals surface area contributed by atoms with Gasteiger partial charge in [0.25, 0.3) is 0 Å². The molecule has 5 nitrogen and oxygen atoms in total. The number of nitrogens with zero attached hydrogens (tertiary/aromatic N) is 3. The summed E-state index contributed by atoms with van der Waals surface area (Å²) in [6.07, 6.45) is 1.59. The molecule has 2 N–H and O–H groups in total. The lowest BCUT2D eigenvalue weighted by Gasteiger charge is -1.93. The lowest BCUT2D eigenvalue weighted by Crippen LogP contribution is -1.96. The largest absolute Gasteiger partial charge is 0.461 e. The van der Waals surface area contributed by atoms with Crippen molar-refractivity contribution in [1.29, 1.82) is 0 Å². The van der Waals surface area contributed by atoms with Crippen LogP contribution in [0.2, 0.25) is 0 Å². The summed E-state index contributed by atoms with van der Waals surface area (Å²) in [5, 5.41) is 4.24. The van der Waals surface area contributed by atoms with Crippen molar-refractivity contribution in [3.05, 3.63) is 36.6 Å². The van der Waals surface area contributed by atoms with E-state index < -0.39 is 0 Å². The summed E-state index contributed by atoms with van der Waals surface area (Å²) in [5.41, 5.74) is 6.46. The van der Waals surface area contributed by atoms with Gasteiger partial charge in [0.15, 0.2) is 11.4 Å². The van der Waals surface area contributed by atoms with Crippen LogP contribution in [0.15, 0.2) is 41.0 Å². The Hall–Kier alpha value is -2.30. The Morgan fingerprint density at radius 1 is 1.20 bits per heavy atom. The molecule has 3 heterocycles. The molecule has 74 valence electrons. The Kier molecular flexibility index (Phi) is 1.53. The van der Waals surface area contributed by atoms with E-state index in [1.54, 1.807) is 22.9 Å². The lowest BCUT2D eigenvalue weighted by atomic mass is 10.4. The average Bonchev–Trinajstić information content (AvgIpc) is 2.86. The van der Waals surface area contributed by atoms with Crippen molar-refractivity contribution in [2.45, 2.75) is 0 Å². The van der Waals surface area contributed by atoms with Crippen molar-refractivity contribution in [3.63, 3.8) is 0 Å². The summed E-state index contributed by atoms with van der Waals surface area (Å²) in [6, 6.07) is 9.06. The van der Waals surface area contributed by atoms with E-state index in [2.05, 4.69) is 10.1 Å². The quantitative estimate of drug-likeness (QED) is 0.647. The van der Waals surface area contributed by atoms with Gasteiger partial charge in [-0.1, -0.05) is 6.07 Å². The maximum absolute atomic E-state index is 5.75. The first kappa shape index (κ1) is 8.05. The zero-order valence-electron chi connectivity index (χ0n) is 7.79. The second kappa shape index (κ2) is 2.84. The molecule has 0 aliphatic carbocycles. The van der Waals surface area contributed by atoms with Gasteiger partial charge in [-0.2, -0.15) is 4.52 Å². The van der Waals surface area contributed by atoms with Crippen molar-refractivity contribution in [3.8, 4) is 11.6 Å². The number of anilines is 1. The van der Waals surface area contributed by atoms with E-state index in [0.717, 1.165) is 0 Å². The molecule has 0 aliphatic rings. The summed E-state index contributed by atoms with van der Waals surface area (Å²) >= 11 is 0. The van der Waals surface area contributed by atoms with Crippen molar-refractivity contribution in [2.75, 3.05) is 5.73 Å². The minimum atomic E-state index is 0.540. The number of nitrogen functional groups attached to an aromatic ring is 1. The van der Waals surface area contributed by atoms with E-state index in [-0.39, 0.29) is 0 Å². The zero-order chi connectivity index (χ0) is 10.3. The monoisotopic (exact) mass is 200 g/mol. The predicted molar refractivity (Wildman–Crippen MR) is 55.1 cm³/mol. The van der Waals surface area contributed by atoms with Gasteiger partial charge >= 0.3 is 0 Å². The second-order valence-electron chi connectivity index (χ2n) is 3.13. The molecule has 3 rings (SSSR count). The van der Waals surface area contributed by atoms with Crippen LogP contribution in [0, 0.1) is 0 Å². The molecule has 0 radical (unpaired) electrons. The molecule has 3 aromatic rings. The van der Waals surface area contributed by atoms with Crippen LogP contribution in [-0.2, 0) is 0 Å². The van der Waals surface area contributed by atoms with Gasteiger partial charge in [0.2, 0.25) is 5.82 Å². The molecule has 0 saturated carbocycles. The van der Waals surface area contributed by atoms with Crippen molar-refractivity contribution in [2.24, 2.45) is 0 Å². The van der Waals surface area contributed by atoms with Crippen LogP contribution >= 0.6 is 0 Å². The van der Waals surface area contributed by atoms with Crippen LogP contribution in [0.5, 0.6) is 0 Å². The molecule has 0 amide bonds. The highest BCUT2D eigenvalue weighted by molar-refractivity contribution is 5.54. The fraction of sp³-hybridized carbons (Fsp3) is 0. The molecule has 0 spiro atoms. The van der Waals surface area contributed by atoms with Crippen LogP contribution in [-0.4, -0.2) is 14.6 Å². The summed E-state index contributed by atoms with van der Waals surface area (Å²) in [6.45, 7) is 0. The number of aromatic nitrogens is 3. The number of rotatable bonds is 1. The molecule has 15 heavy (non-hydrogen) atoms. The van der Waals surface area contributed by atoms with Gasteiger partial charge in [-0.05, 0) is 24.3 Å². The molecule has 0 aliphatic heterocycles. The minimum Gasteiger partial charge on any atom is -0.461 e. The number of nitrogens with two attached hydrogens (primary N) is 1. The fourth-order valence-electron chi connectivity index (χ4n) is 1.44. The highest BCUT2D eigenvalue weighted by Crippen LogP contribution is 2.17. The molecule has 0 bridgehead atoms. The number of hydrogen-bond donors (Lipinski definition) is 1. The van der Waals surface area contributed by atoms with Gasteiger partial charge < -0.3 is 10.2 Å². The molecule has 0 aromatic carbocycles. The number of hydrogen-bond acceptors (Lipinski definition) is 4. The molecule has 3 aromatic heterocycles. The maximum atomic E-state index is 5.75. The third-order valence-corrected chi connectivity index (χ3v) is 2.13. The summed E-state index contributed by atoms with van der Waals surface area (Å²) in [5.74, 6) is 1.73. The summed E-state index contributed by atoms with van der Waals surface area (Å²) in [7, 11) is 0. The van der Waals surface area contributed by atoms with Gasteiger partial charge in [0, 0.05) is 0 Å². The third kappa shape index (κ3) is 1.17. The molecular weight excluding hydrogens is 192 g/mol. The first-order chi connectivity index (χ1) is 7.34. The Morgan fingerprint density at radius 2 is 2.13 bits per heavy atom. The van der Waals surface area contributed by atoms with Crippen LogP contribution < -0.4 is 5.73 Å². The van der Waals surface area contributed by atoms with Crippen molar-refractivity contribution < 1.29 is 4.42 Å². The highest BCUT2D eigenvalue weighted by Gasteiger charge is 2.09. The lowest BCUT2D eigenvalue weighted by molar-refractivity contribution is 0.577. The topological polar surface area (TPSA) is 69.3 Å². The van der Waals surface area contributed by atoms with Crippen molar-refractivity contribution >= 4 is 11.5 Å². The molecule has 0 unspecified atom stereocenters. The molecule has 5 heteroatoms. The molecule has 0 saturated heterocycles. The molecular formula is C10H8N4O. The van der Waals surface area contributed by atoms with Gasteiger partial charge in [0.1, 0.15) is 5.82 Å². The van der Waals surface area contributed by atoms with Gasteiger partial charge in [0.05, 0.1) is 6.26 Å². The molecule has 0 fully saturated rings. The Bertz CT molecular complexity index is 597. The average molecular weight is 200 g/mol. The Labute approximate surface area is 85.1 Å². The zero-order valence-corrected chi connectivity index (χ0v) is 7.79. The van der Waals surface area contributed by atoms with E-state index in [1.807, 2.05) is 18.2 Å². The van der Waals surface area contributed by atoms with E-state index in [9.17, 15) is 0 Å². The smallest absolute Gasteiger partial charge is 0.217 e. The number of fused-ring (bicyclic) bond motifs is 1. The summed E-state index contributed by atoms with van der Waals surface area (Å²) in [4.78, 5) is 4.29. The number of furan rings is 1. The maximum Gasteiger partial charge on any atom is 0.217 e. The Morgan fingerprint density at radius 3 is 2.87 bits per heavy atom. The van der Waals surface area contributed by atoms with Crippen LogP contribution in [0.1, 0.15) is 0 Å². The third-order valence-electron chi connectivity index (χ3n) is 2.13. The Balaban J connectivity index is 2.27. The van der Waals surface area contributed by atoms with Gasteiger partial charge in [-0.15, -0.1) is 5.10 Å². The van der Waals surface area contributed by atoms with E-state index in [4.69, 9.17) is 10.2 Å². The van der Waals surface area contributed by atoms with Crippen LogP contribution in [0.3, 0.4) is 0 Å². The SMILES string of the molecule is Nc1cccc2nc(-c3ccco3)nn12. The second-order valence-corrected chi connectivity index (χ2v) is 3.13. The van der Waals surface area contributed by atoms with Gasteiger partial charge in [-0.25, -0.2) is 4.98 Å². The molecule has 0 atom stereocenters. The summed E-state index contributed by atoms with van der Waals surface area (Å²) < 4.78 is 6.79. The minimum absolute atomic E-state index is 0.540. The van der Waals surface area contributed by atoms with Crippen LogP contribution in [0.25, 0.3) is 17.2 Å². The van der Waals surface area contributed by atoms with Crippen LogP contribution in [0.4, 0.5) is 5.82 Å². The first-order valence-corrected chi connectivity index (χ1v) is 4.50. The predicted octanol–water partition coefficient (Wildman–Crippen LogP) is 1.57. The van der Waals surface area contributed by atoms with Gasteiger partial charge in [-0.3, -0.25) is 0 Å². The van der Waals surface area contributed by atoms with E-state index >= 15 is 0 Å². The van der Waals surface area contributed by atoms with Crippen molar-refractivity contribution in [1.82, 2.24) is 14.6 Å².